The van der Waals surface area contributed by atoms with Crippen molar-refractivity contribution in [1.82, 2.24) is 9.78 Å². The van der Waals surface area contributed by atoms with Crippen molar-refractivity contribution in [2.75, 3.05) is 0 Å². The molecule has 20 heavy (non-hydrogen) atoms. The first-order chi connectivity index (χ1) is 9.58. The van der Waals surface area contributed by atoms with Crippen LogP contribution in [0.2, 0.25) is 0 Å². The van der Waals surface area contributed by atoms with E-state index in [9.17, 15) is 4.79 Å². The van der Waals surface area contributed by atoms with Crippen LogP contribution in [0.4, 0.5) is 0 Å². The minimum Gasteiger partial charge on any atom is -0.288 e. The number of aromatic nitrogens is 2. The molecule has 104 valence electrons. The molecule has 3 heteroatoms. The molecule has 1 aliphatic carbocycles. The number of carbonyl (C=O) groups is 1. The van der Waals surface area contributed by atoms with E-state index in [1.165, 1.54) is 24.8 Å². The number of rotatable bonds is 3. The molecule has 0 spiro atoms. The minimum atomic E-state index is 0.0919. The predicted octanol–water partition coefficient (Wildman–Crippen LogP) is 3.54. The van der Waals surface area contributed by atoms with Crippen molar-refractivity contribution in [3.8, 4) is 0 Å². The highest BCUT2D eigenvalue weighted by atomic mass is 16.1. The van der Waals surface area contributed by atoms with Crippen molar-refractivity contribution in [2.45, 2.75) is 39.0 Å². The fraction of sp³-hybridized carbons (Fsp3) is 0.412. The van der Waals surface area contributed by atoms with Crippen molar-refractivity contribution in [2.24, 2.45) is 7.05 Å². The highest BCUT2D eigenvalue weighted by Crippen LogP contribution is 2.36. The van der Waals surface area contributed by atoms with Gasteiger partial charge in [-0.1, -0.05) is 24.6 Å². The number of aryl methyl sites for hydroxylation is 2. The molecule has 0 atom stereocenters. The average molecular weight is 268 g/mol. The third-order valence-electron chi connectivity index (χ3n) is 4.46. The van der Waals surface area contributed by atoms with E-state index in [2.05, 4.69) is 17.2 Å². The Labute approximate surface area is 119 Å². The fourth-order valence-electron chi connectivity index (χ4n) is 2.92. The van der Waals surface area contributed by atoms with Gasteiger partial charge in [-0.05, 0) is 44.2 Å². The Bertz CT molecular complexity index is 666. The van der Waals surface area contributed by atoms with Gasteiger partial charge >= 0.3 is 0 Å². The summed E-state index contributed by atoms with van der Waals surface area (Å²) in [5.74, 6) is 0.744. The van der Waals surface area contributed by atoms with Crippen molar-refractivity contribution < 1.29 is 4.79 Å². The maximum atomic E-state index is 12.7. The molecule has 1 aliphatic rings. The first-order valence-electron chi connectivity index (χ1n) is 7.23. The molecular weight excluding hydrogens is 248 g/mol. The van der Waals surface area contributed by atoms with Crippen LogP contribution in [0.3, 0.4) is 0 Å². The number of benzene rings is 1. The second-order valence-electron chi connectivity index (χ2n) is 5.75. The van der Waals surface area contributed by atoms with Crippen LogP contribution in [0.25, 0.3) is 0 Å². The monoisotopic (exact) mass is 268 g/mol. The van der Waals surface area contributed by atoms with Crippen LogP contribution in [0.1, 0.15) is 58.1 Å². The molecule has 1 saturated carbocycles. The highest BCUT2D eigenvalue weighted by molar-refractivity contribution is 6.10. The number of ketones is 1. The third-order valence-corrected chi connectivity index (χ3v) is 4.46. The first-order valence-corrected chi connectivity index (χ1v) is 7.23. The van der Waals surface area contributed by atoms with Gasteiger partial charge in [0, 0.05) is 18.3 Å². The summed E-state index contributed by atoms with van der Waals surface area (Å²) in [6, 6.07) is 8.12. The molecule has 0 aliphatic heterocycles. The van der Waals surface area contributed by atoms with Gasteiger partial charge in [-0.25, -0.2) is 0 Å². The molecule has 2 aromatic rings. The van der Waals surface area contributed by atoms with Crippen LogP contribution in [-0.4, -0.2) is 15.6 Å². The molecule has 0 N–H and O–H groups in total. The first kappa shape index (κ1) is 13.1. The van der Waals surface area contributed by atoms with E-state index < -0.39 is 0 Å². The van der Waals surface area contributed by atoms with Gasteiger partial charge in [0.2, 0.25) is 0 Å². The minimum absolute atomic E-state index is 0.0919. The van der Waals surface area contributed by atoms with E-state index in [1.54, 1.807) is 4.68 Å². The molecule has 3 nitrogen and oxygen atoms in total. The Morgan fingerprint density at radius 2 is 2.05 bits per heavy atom. The van der Waals surface area contributed by atoms with Gasteiger partial charge in [0.15, 0.2) is 5.78 Å². The molecule has 0 radical (unpaired) electrons. The van der Waals surface area contributed by atoms with Gasteiger partial charge in [0.05, 0.1) is 11.3 Å². The molecular formula is C17H20N2O. The second kappa shape index (κ2) is 4.89. The maximum absolute atomic E-state index is 12.7. The third kappa shape index (κ3) is 2.07. The summed E-state index contributed by atoms with van der Waals surface area (Å²) in [4.78, 5) is 12.7. The van der Waals surface area contributed by atoms with Gasteiger partial charge in [0.25, 0.3) is 0 Å². The normalized spacial score (nSPS) is 15.2. The van der Waals surface area contributed by atoms with Crippen molar-refractivity contribution >= 4 is 5.78 Å². The SMILES string of the molecule is Cc1nn(C)c(C)c1C(=O)c1cccc(C2CCC2)c1. The Morgan fingerprint density at radius 3 is 2.60 bits per heavy atom. The summed E-state index contributed by atoms with van der Waals surface area (Å²) in [5, 5.41) is 4.34. The smallest absolute Gasteiger partial charge is 0.196 e. The van der Waals surface area contributed by atoms with E-state index in [4.69, 9.17) is 0 Å². The Kier molecular flexibility index (Phi) is 3.20. The van der Waals surface area contributed by atoms with E-state index >= 15 is 0 Å². The van der Waals surface area contributed by atoms with E-state index in [0.29, 0.717) is 5.92 Å². The van der Waals surface area contributed by atoms with Crippen LogP contribution in [0.15, 0.2) is 24.3 Å². The van der Waals surface area contributed by atoms with Crippen LogP contribution < -0.4 is 0 Å². The number of nitrogens with zero attached hydrogens (tertiary/aromatic N) is 2. The standard InChI is InChI=1S/C17H20N2O/c1-11-16(12(2)19(3)18-11)17(20)15-9-5-8-14(10-15)13-6-4-7-13/h5,8-10,13H,4,6-7H2,1-3H3. The fourth-order valence-corrected chi connectivity index (χ4v) is 2.92. The molecule has 1 aromatic heterocycles. The molecule has 0 saturated heterocycles. The maximum Gasteiger partial charge on any atom is 0.196 e. The Balaban J connectivity index is 1.97. The zero-order chi connectivity index (χ0) is 14.3. The molecule has 0 unspecified atom stereocenters. The number of hydrogen-bond donors (Lipinski definition) is 0. The van der Waals surface area contributed by atoms with Gasteiger partial charge in [-0.3, -0.25) is 9.48 Å². The van der Waals surface area contributed by atoms with Crippen LogP contribution >= 0.6 is 0 Å². The zero-order valence-electron chi connectivity index (χ0n) is 12.3. The summed E-state index contributed by atoms with van der Waals surface area (Å²) in [6.07, 6.45) is 3.81. The van der Waals surface area contributed by atoms with Crippen molar-refractivity contribution in [1.29, 1.82) is 0 Å². The quantitative estimate of drug-likeness (QED) is 0.798. The number of hydrogen-bond acceptors (Lipinski definition) is 2. The second-order valence-corrected chi connectivity index (χ2v) is 5.75. The van der Waals surface area contributed by atoms with E-state index in [1.807, 2.05) is 33.0 Å². The molecule has 3 rings (SSSR count). The summed E-state index contributed by atoms with van der Waals surface area (Å²) in [6.45, 7) is 3.85. The van der Waals surface area contributed by atoms with E-state index in [-0.39, 0.29) is 5.78 Å². The Morgan fingerprint density at radius 1 is 1.30 bits per heavy atom. The summed E-state index contributed by atoms with van der Waals surface area (Å²) in [5.41, 5.74) is 4.58. The van der Waals surface area contributed by atoms with Crippen LogP contribution in [0.5, 0.6) is 0 Å². The van der Waals surface area contributed by atoms with Gasteiger partial charge in [-0.15, -0.1) is 0 Å². The van der Waals surface area contributed by atoms with Crippen LogP contribution in [0, 0.1) is 13.8 Å². The lowest BCUT2D eigenvalue weighted by Gasteiger charge is -2.26. The topological polar surface area (TPSA) is 34.9 Å². The van der Waals surface area contributed by atoms with Crippen LogP contribution in [-0.2, 0) is 7.05 Å². The summed E-state index contributed by atoms with van der Waals surface area (Å²) < 4.78 is 1.78. The Hall–Kier alpha value is -1.90. The molecule has 1 fully saturated rings. The van der Waals surface area contributed by atoms with E-state index in [0.717, 1.165) is 22.5 Å². The zero-order valence-corrected chi connectivity index (χ0v) is 12.3. The lowest BCUT2D eigenvalue weighted by Crippen LogP contribution is -2.10. The summed E-state index contributed by atoms with van der Waals surface area (Å²) >= 11 is 0. The summed E-state index contributed by atoms with van der Waals surface area (Å²) in [7, 11) is 1.88. The number of carbonyl (C=O) groups excluding carboxylic acids is 1. The van der Waals surface area contributed by atoms with Gasteiger partial charge < -0.3 is 0 Å². The molecule has 0 bridgehead atoms. The molecule has 1 aromatic carbocycles. The largest absolute Gasteiger partial charge is 0.288 e. The van der Waals surface area contributed by atoms with Gasteiger partial charge in [-0.2, -0.15) is 5.10 Å². The predicted molar refractivity (Wildman–Crippen MR) is 79.1 cm³/mol. The lowest BCUT2D eigenvalue weighted by molar-refractivity contribution is 0.103. The average Bonchev–Trinajstić information content (AvgIpc) is 2.61. The van der Waals surface area contributed by atoms with Gasteiger partial charge in [0.1, 0.15) is 0 Å². The van der Waals surface area contributed by atoms with Crippen molar-refractivity contribution in [3.05, 3.63) is 52.3 Å². The molecule has 1 heterocycles. The molecule has 0 amide bonds. The lowest BCUT2D eigenvalue weighted by atomic mass is 9.79. The highest BCUT2D eigenvalue weighted by Gasteiger charge is 2.22. The van der Waals surface area contributed by atoms with Crippen molar-refractivity contribution in [3.63, 3.8) is 0 Å².